The number of aromatic nitrogens is 3. The number of anilines is 1. The Labute approximate surface area is 232 Å². The lowest BCUT2D eigenvalue weighted by Gasteiger charge is -2.21. The molecule has 0 aliphatic heterocycles. The fourth-order valence-corrected chi connectivity index (χ4v) is 4.35. The Hall–Kier alpha value is -3.10. The molecule has 2 rings (SSSR count). The minimum Gasteiger partial charge on any atom is -0.478 e. The molecule has 218 valence electrons. The van der Waals surface area contributed by atoms with Crippen LogP contribution in [-0.2, 0) is 24.3 Å². The molecular weight excluding hydrogens is 496 g/mol. The summed E-state index contributed by atoms with van der Waals surface area (Å²) < 4.78 is 8.44. The van der Waals surface area contributed by atoms with Crippen LogP contribution in [0.2, 0.25) is 0 Å². The van der Waals surface area contributed by atoms with E-state index in [1.165, 1.54) is 29.5 Å². The van der Waals surface area contributed by atoms with Crippen molar-refractivity contribution in [3.05, 3.63) is 50.7 Å². The van der Waals surface area contributed by atoms with Crippen molar-refractivity contribution in [1.29, 1.82) is 0 Å². The van der Waals surface area contributed by atoms with E-state index in [9.17, 15) is 19.5 Å². The summed E-state index contributed by atoms with van der Waals surface area (Å²) in [6.45, 7) is 8.79. The molecule has 9 heteroatoms. The van der Waals surface area contributed by atoms with Crippen molar-refractivity contribution < 1.29 is 14.6 Å². The van der Waals surface area contributed by atoms with Crippen LogP contribution in [-0.4, -0.2) is 37.6 Å². The zero-order valence-electron chi connectivity index (χ0n) is 24.3. The summed E-state index contributed by atoms with van der Waals surface area (Å²) in [5.74, 6) is -0.308. The van der Waals surface area contributed by atoms with Crippen molar-refractivity contribution in [2.45, 2.75) is 123 Å². The van der Waals surface area contributed by atoms with Gasteiger partial charge in [0.15, 0.2) is 5.60 Å². The van der Waals surface area contributed by atoms with E-state index in [0.717, 1.165) is 69.8 Å². The Bertz CT molecular complexity index is 1140. The molecule has 0 atom stereocenters. The van der Waals surface area contributed by atoms with Gasteiger partial charge in [-0.2, -0.15) is 0 Å². The Morgan fingerprint density at radius 1 is 0.949 bits per heavy atom. The molecule has 0 aliphatic carbocycles. The lowest BCUT2D eigenvalue weighted by Crippen LogP contribution is -2.43. The fourth-order valence-electron chi connectivity index (χ4n) is 4.35. The summed E-state index contributed by atoms with van der Waals surface area (Å²) >= 11 is 0. The van der Waals surface area contributed by atoms with Gasteiger partial charge in [-0.15, -0.1) is 5.10 Å². The van der Waals surface area contributed by atoms with Crippen LogP contribution in [0.3, 0.4) is 0 Å². The first-order valence-electron chi connectivity index (χ1n) is 14.7. The van der Waals surface area contributed by atoms with E-state index in [1.54, 1.807) is 6.07 Å². The number of benzene rings is 1. The van der Waals surface area contributed by atoms with E-state index in [-0.39, 0.29) is 17.1 Å². The molecule has 0 unspecified atom stereocenters. The number of rotatable bonds is 20. The Kier molecular flexibility index (Phi) is 13.8. The van der Waals surface area contributed by atoms with E-state index in [2.05, 4.69) is 24.3 Å². The zero-order chi connectivity index (χ0) is 28.7. The Morgan fingerprint density at radius 3 is 2.23 bits per heavy atom. The summed E-state index contributed by atoms with van der Waals surface area (Å²) in [6.07, 6.45) is 12.0. The first-order valence-corrected chi connectivity index (χ1v) is 14.7. The quantitative estimate of drug-likeness (QED) is 0.208. The Balaban J connectivity index is 2.05. The number of carbonyl (C=O) groups is 1. The van der Waals surface area contributed by atoms with Crippen LogP contribution < -0.4 is 21.3 Å². The third-order valence-electron chi connectivity index (χ3n) is 6.80. The largest absolute Gasteiger partial charge is 0.478 e. The van der Waals surface area contributed by atoms with E-state index < -0.39 is 11.6 Å². The minimum absolute atomic E-state index is 0.219. The highest BCUT2D eigenvalue weighted by atomic mass is 16.5. The first kappa shape index (κ1) is 32.1. The van der Waals surface area contributed by atoms with Crippen molar-refractivity contribution in [2.75, 3.05) is 11.9 Å². The van der Waals surface area contributed by atoms with Crippen molar-refractivity contribution in [1.82, 2.24) is 14.3 Å². The highest BCUT2D eigenvalue weighted by Crippen LogP contribution is 2.20. The van der Waals surface area contributed by atoms with Gasteiger partial charge >= 0.3 is 11.7 Å². The molecule has 0 saturated heterocycles. The van der Waals surface area contributed by atoms with Crippen LogP contribution in [0.5, 0.6) is 5.75 Å². The van der Waals surface area contributed by atoms with E-state index in [0.29, 0.717) is 31.8 Å². The molecule has 0 bridgehead atoms. The van der Waals surface area contributed by atoms with Gasteiger partial charge in [0.1, 0.15) is 5.75 Å². The van der Waals surface area contributed by atoms with Gasteiger partial charge in [-0.3, -0.25) is 9.36 Å². The molecule has 39 heavy (non-hydrogen) atoms. The van der Waals surface area contributed by atoms with Gasteiger partial charge in [0.2, 0.25) is 5.82 Å². The lowest BCUT2D eigenvalue weighted by atomic mass is 10.1. The second-order valence-electron chi connectivity index (χ2n) is 10.7. The summed E-state index contributed by atoms with van der Waals surface area (Å²) in [6, 6.07) is 7.38. The monoisotopic (exact) mass is 544 g/mol. The fraction of sp³-hybridized carbons (Fsp3) is 0.667. The number of nitrogens with zero attached hydrogens (tertiary/aromatic N) is 3. The Morgan fingerprint density at radius 2 is 1.59 bits per heavy atom. The molecule has 1 aromatic carbocycles. The number of hydrogen-bond donors (Lipinski definition) is 2. The van der Waals surface area contributed by atoms with Crippen molar-refractivity contribution in [3.8, 4) is 5.75 Å². The molecule has 9 nitrogen and oxygen atoms in total. The summed E-state index contributed by atoms with van der Waals surface area (Å²) in [4.78, 5) is 37.6. The number of nitrogens with one attached hydrogen (secondary N) is 1. The average molecular weight is 545 g/mol. The number of carboxylic acid groups (broad SMARTS) is 1. The number of unbranched alkanes of at least 4 members (excludes halogenated alkanes) is 8. The molecule has 2 aromatic rings. The molecule has 0 aliphatic rings. The topological polar surface area (TPSA) is 115 Å². The van der Waals surface area contributed by atoms with Gasteiger partial charge in [0.05, 0.1) is 0 Å². The van der Waals surface area contributed by atoms with Crippen LogP contribution in [0.25, 0.3) is 0 Å². The van der Waals surface area contributed by atoms with Gasteiger partial charge in [0.25, 0.3) is 5.56 Å². The van der Waals surface area contributed by atoms with Gasteiger partial charge < -0.3 is 15.2 Å². The smallest absolute Gasteiger partial charge is 0.347 e. The summed E-state index contributed by atoms with van der Waals surface area (Å²) in [5, 5.41) is 16.9. The lowest BCUT2D eigenvalue weighted by molar-refractivity contribution is -0.152. The van der Waals surface area contributed by atoms with Gasteiger partial charge in [0, 0.05) is 19.6 Å². The number of aryl methyl sites for hydroxylation is 2. The molecule has 0 radical (unpaired) electrons. The first-order chi connectivity index (χ1) is 18.7. The van der Waals surface area contributed by atoms with E-state index in [4.69, 9.17) is 4.74 Å². The van der Waals surface area contributed by atoms with Gasteiger partial charge in [-0.25, -0.2) is 14.3 Å². The number of aliphatic carboxylic acids is 1. The molecule has 0 spiro atoms. The number of ether oxygens (including phenoxy) is 1. The van der Waals surface area contributed by atoms with Crippen molar-refractivity contribution in [3.63, 3.8) is 0 Å². The molecule has 0 amide bonds. The number of hydrogen-bond acceptors (Lipinski definition) is 6. The van der Waals surface area contributed by atoms with Crippen LogP contribution in [0.4, 0.5) is 5.82 Å². The highest BCUT2D eigenvalue weighted by Gasteiger charge is 2.29. The standard InChI is InChI=1S/C30H48N4O5/c1-5-7-9-11-13-21-33-27(35)26(32-34(29(33)38)22-14-12-10-8-6-2)31-20-16-18-24-17-15-19-25(23-24)39-30(3,4)28(36)37/h15,17,19,23H,5-14,16,18,20-22H2,1-4H3,(H,31,32)(H,36,37). The predicted molar refractivity (Wildman–Crippen MR) is 156 cm³/mol. The molecule has 0 fully saturated rings. The maximum Gasteiger partial charge on any atom is 0.347 e. The maximum absolute atomic E-state index is 13.1. The minimum atomic E-state index is -1.32. The van der Waals surface area contributed by atoms with Crippen LogP contribution in [0, 0.1) is 0 Å². The molecule has 1 aromatic heterocycles. The number of carboxylic acids is 1. The van der Waals surface area contributed by atoms with E-state index in [1.807, 2.05) is 18.2 Å². The summed E-state index contributed by atoms with van der Waals surface area (Å²) in [7, 11) is 0. The molecular formula is C30H48N4O5. The average Bonchev–Trinajstić information content (AvgIpc) is 2.90. The SMILES string of the molecule is CCCCCCCn1nc(NCCCc2cccc(OC(C)(C)C(=O)O)c2)c(=O)n(CCCCCCC)c1=O. The maximum atomic E-state index is 13.1. The van der Waals surface area contributed by atoms with Gasteiger partial charge in [-0.05, 0) is 57.2 Å². The van der Waals surface area contributed by atoms with Gasteiger partial charge in [-0.1, -0.05) is 77.3 Å². The van der Waals surface area contributed by atoms with Crippen LogP contribution in [0.15, 0.2) is 33.9 Å². The van der Waals surface area contributed by atoms with Crippen molar-refractivity contribution in [2.24, 2.45) is 0 Å². The third-order valence-corrected chi connectivity index (χ3v) is 6.80. The van der Waals surface area contributed by atoms with Crippen LogP contribution >= 0.6 is 0 Å². The molecule has 2 N–H and O–H groups in total. The second kappa shape index (κ2) is 16.8. The molecule has 1 heterocycles. The zero-order valence-corrected chi connectivity index (χ0v) is 24.3. The summed E-state index contributed by atoms with van der Waals surface area (Å²) in [5.41, 5.74) is -0.993. The van der Waals surface area contributed by atoms with Crippen LogP contribution in [0.1, 0.15) is 104 Å². The normalized spacial score (nSPS) is 11.5. The van der Waals surface area contributed by atoms with E-state index >= 15 is 0 Å². The third kappa shape index (κ3) is 10.9. The second-order valence-corrected chi connectivity index (χ2v) is 10.7. The van der Waals surface area contributed by atoms with Crippen molar-refractivity contribution >= 4 is 11.8 Å². The highest BCUT2D eigenvalue weighted by molar-refractivity contribution is 5.76. The predicted octanol–water partition coefficient (Wildman–Crippen LogP) is 5.63. The molecule has 0 saturated carbocycles.